The van der Waals surface area contributed by atoms with Gasteiger partial charge in [-0.15, -0.1) is 0 Å². The van der Waals surface area contributed by atoms with Gasteiger partial charge >= 0.3 is 6.09 Å². The summed E-state index contributed by atoms with van der Waals surface area (Å²) in [5, 5.41) is 12.8. The van der Waals surface area contributed by atoms with Gasteiger partial charge in [-0.2, -0.15) is 0 Å². The molecule has 4 amide bonds. The molecule has 2 bridgehead atoms. The summed E-state index contributed by atoms with van der Waals surface area (Å²) in [5.74, 6) is -0.760. The van der Waals surface area contributed by atoms with E-state index in [1.807, 2.05) is 13.8 Å². The summed E-state index contributed by atoms with van der Waals surface area (Å²) < 4.78 is 11.3. The SMILES string of the molecule is CN(C)C(=O)CC[C@@H](NC(=O)OC(C)(C)C)C(=O)N1C[C@@]2(C(=O)N3CC(O)CC3(C)C)CC1CO2. The maximum Gasteiger partial charge on any atom is 0.408 e. The molecule has 2 N–H and O–H groups in total. The summed E-state index contributed by atoms with van der Waals surface area (Å²) in [7, 11) is 3.26. The Morgan fingerprint density at radius 2 is 1.86 bits per heavy atom. The molecule has 2 unspecified atom stereocenters. The molecule has 0 aromatic rings. The Kier molecular flexibility index (Phi) is 7.44. The van der Waals surface area contributed by atoms with Crippen LogP contribution < -0.4 is 5.32 Å². The van der Waals surface area contributed by atoms with Crippen molar-refractivity contribution < 1.29 is 33.8 Å². The fourth-order valence-electron chi connectivity index (χ4n) is 5.16. The Balaban J connectivity index is 1.75. The summed E-state index contributed by atoms with van der Waals surface area (Å²) in [6.07, 6.45) is -0.340. The van der Waals surface area contributed by atoms with Crippen molar-refractivity contribution >= 4 is 23.8 Å². The Bertz CT molecular complexity index is 868. The van der Waals surface area contributed by atoms with Crippen molar-refractivity contribution in [2.24, 2.45) is 0 Å². The summed E-state index contributed by atoms with van der Waals surface area (Å²) in [4.78, 5) is 56.5. The van der Waals surface area contributed by atoms with Gasteiger partial charge in [-0.1, -0.05) is 0 Å². The third-order valence-corrected chi connectivity index (χ3v) is 6.90. The molecular formula is C24H40N4O7. The molecule has 0 aliphatic carbocycles. The summed E-state index contributed by atoms with van der Waals surface area (Å²) in [6, 6.07) is -1.29. The Morgan fingerprint density at radius 1 is 1.20 bits per heavy atom. The fraction of sp³-hybridized carbons (Fsp3) is 0.833. The van der Waals surface area contributed by atoms with E-state index in [0.29, 0.717) is 12.8 Å². The maximum atomic E-state index is 13.6. The van der Waals surface area contributed by atoms with E-state index in [1.165, 1.54) is 4.90 Å². The Hall–Kier alpha value is -2.40. The lowest BCUT2D eigenvalue weighted by Crippen LogP contribution is -2.59. The number of β-amino-alcohol motifs (C(OH)–C–C–N with tert-alkyl or cyclic N) is 1. The molecule has 3 heterocycles. The molecule has 11 nitrogen and oxygen atoms in total. The molecule has 0 saturated carbocycles. The highest BCUT2D eigenvalue weighted by Crippen LogP contribution is 2.42. The summed E-state index contributed by atoms with van der Waals surface area (Å²) in [6.45, 7) is 9.49. The second-order valence-electron chi connectivity index (χ2n) is 11.7. The first kappa shape index (κ1) is 27.2. The minimum atomic E-state index is -1.17. The van der Waals surface area contributed by atoms with Crippen LogP contribution in [0.3, 0.4) is 0 Å². The minimum Gasteiger partial charge on any atom is -0.444 e. The van der Waals surface area contributed by atoms with Crippen LogP contribution in [0, 0.1) is 0 Å². The number of carbonyl (C=O) groups excluding carboxylic acids is 4. The second-order valence-corrected chi connectivity index (χ2v) is 11.7. The number of alkyl carbamates (subject to hydrolysis) is 1. The molecule has 0 aromatic heterocycles. The topological polar surface area (TPSA) is 129 Å². The van der Waals surface area contributed by atoms with E-state index in [9.17, 15) is 24.3 Å². The maximum absolute atomic E-state index is 13.6. The lowest BCUT2D eigenvalue weighted by atomic mass is 9.96. The fourth-order valence-corrected chi connectivity index (χ4v) is 5.16. The van der Waals surface area contributed by atoms with Gasteiger partial charge in [0.05, 0.1) is 25.3 Å². The predicted octanol–water partition coefficient (Wildman–Crippen LogP) is 0.490. The smallest absolute Gasteiger partial charge is 0.408 e. The molecule has 3 aliphatic rings. The number of aliphatic hydroxyl groups is 1. The van der Waals surface area contributed by atoms with Crippen LogP contribution in [0.5, 0.6) is 0 Å². The Labute approximate surface area is 207 Å². The van der Waals surface area contributed by atoms with Crippen LogP contribution in [-0.2, 0) is 23.9 Å². The second kappa shape index (κ2) is 9.57. The van der Waals surface area contributed by atoms with Crippen molar-refractivity contribution in [3.63, 3.8) is 0 Å². The molecule has 3 saturated heterocycles. The number of nitrogens with one attached hydrogen (secondary N) is 1. The van der Waals surface area contributed by atoms with E-state index in [2.05, 4.69) is 5.32 Å². The molecule has 0 radical (unpaired) electrons. The highest BCUT2D eigenvalue weighted by molar-refractivity contribution is 5.92. The average Bonchev–Trinajstić information content (AvgIpc) is 3.39. The largest absolute Gasteiger partial charge is 0.444 e. The van der Waals surface area contributed by atoms with Crippen LogP contribution in [0.1, 0.15) is 60.3 Å². The molecule has 35 heavy (non-hydrogen) atoms. The van der Waals surface area contributed by atoms with Gasteiger partial charge in [-0.05, 0) is 47.5 Å². The van der Waals surface area contributed by atoms with Crippen molar-refractivity contribution in [2.45, 2.75) is 95.2 Å². The Morgan fingerprint density at radius 3 is 2.40 bits per heavy atom. The average molecular weight is 497 g/mol. The van der Waals surface area contributed by atoms with E-state index >= 15 is 0 Å². The van der Waals surface area contributed by atoms with Gasteiger partial charge in [0, 0.05) is 39.0 Å². The highest BCUT2D eigenvalue weighted by atomic mass is 16.6. The summed E-state index contributed by atoms with van der Waals surface area (Å²) in [5.41, 5.74) is -2.43. The van der Waals surface area contributed by atoms with Crippen LogP contribution >= 0.6 is 0 Å². The van der Waals surface area contributed by atoms with Crippen molar-refractivity contribution in [3.8, 4) is 0 Å². The van der Waals surface area contributed by atoms with E-state index in [4.69, 9.17) is 9.47 Å². The van der Waals surface area contributed by atoms with Crippen molar-refractivity contribution in [3.05, 3.63) is 0 Å². The number of rotatable bonds is 6. The van der Waals surface area contributed by atoms with Crippen LogP contribution in [0.4, 0.5) is 4.79 Å². The zero-order chi connectivity index (χ0) is 26.3. The molecule has 4 atom stereocenters. The molecule has 0 aromatic carbocycles. The number of ether oxygens (including phenoxy) is 2. The van der Waals surface area contributed by atoms with E-state index in [-0.39, 0.29) is 56.3 Å². The van der Waals surface area contributed by atoms with Crippen molar-refractivity contribution in [1.29, 1.82) is 0 Å². The number of nitrogens with zero attached hydrogens (tertiary/aromatic N) is 3. The molecule has 3 fully saturated rings. The first-order valence-electron chi connectivity index (χ1n) is 12.2. The van der Waals surface area contributed by atoms with Gasteiger partial charge in [-0.3, -0.25) is 14.4 Å². The zero-order valence-electron chi connectivity index (χ0n) is 21.9. The molecule has 3 rings (SSSR count). The number of aliphatic hydroxyl groups excluding tert-OH is 1. The number of fused-ring (bicyclic) bond motifs is 2. The van der Waals surface area contributed by atoms with Crippen LogP contribution in [0.2, 0.25) is 0 Å². The molecule has 3 aliphatic heterocycles. The van der Waals surface area contributed by atoms with Gasteiger partial charge in [0.1, 0.15) is 11.6 Å². The monoisotopic (exact) mass is 496 g/mol. The summed E-state index contributed by atoms with van der Waals surface area (Å²) >= 11 is 0. The highest BCUT2D eigenvalue weighted by Gasteiger charge is 2.60. The molecule has 0 spiro atoms. The normalized spacial score (nSPS) is 28.1. The van der Waals surface area contributed by atoms with Crippen molar-refractivity contribution in [2.75, 3.05) is 33.8 Å². The van der Waals surface area contributed by atoms with Gasteiger partial charge in [0.15, 0.2) is 5.60 Å². The number of morpholine rings is 1. The lowest BCUT2D eigenvalue weighted by Gasteiger charge is -2.39. The van der Waals surface area contributed by atoms with Crippen LogP contribution in [-0.4, -0.2) is 112 Å². The van der Waals surface area contributed by atoms with Crippen LogP contribution in [0.15, 0.2) is 0 Å². The van der Waals surface area contributed by atoms with E-state index in [1.54, 1.807) is 44.7 Å². The van der Waals surface area contributed by atoms with Gasteiger partial charge in [0.25, 0.3) is 5.91 Å². The number of hydrogen-bond acceptors (Lipinski definition) is 7. The van der Waals surface area contributed by atoms with Crippen molar-refractivity contribution in [1.82, 2.24) is 20.0 Å². The number of hydrogen-bond donors (Lipinski definition) is 2. The van der Waals surface area contributed by atoms with Crippen LogP contribution in [0.25, 0.3) is 0 Å². The number of carbonyl (C=O) groups is 4. The van der Waals surface area contributed by atoms with E-state index < -0.39 is 35.0 Å². The van der Waals surface area contributed by atoms with Gasteiger partial charge in [-0.25, -0.2) is 4.79 Å². The first-order chi connectivity index (χ1) is 16.0. The molecular weight excluding hydrogens is 456 g/mol. The zero-order valence-corrected chi connectivity index (χ0v) is 21.9. The van der Waals surface area contributed by atoms with Gasteiger partial charge in [0.2, 0.25) is 11.8 Å². The number of amides is 4. The first-order valence-corrected chi connectivity index (χ1v) is 12.2. The van der Waals surface area contributed by atoms with E-state index in [0.717, 1.165) is 0 Å². The predicted molar refractivity (Wildman–Crippen MR) is 126 cm³/mol. The van der Waals surface area contributed by atoms with Gasteiger partial charge < -0.3 is 34.6 Å². The minimum absolute atomic E-state index is 0.0616. The molecule has 198 valence electrons. The standard InChI is InChI=1S/C24H40N4O7/c1-22(2,3)35-21(33)25-17(8-9-18(30)26(6)7)19(31)27-14-24(10-15(27)13-34-24)20(32)28-12-16(29)11-23(28,4)5/h15-17,29H,8-14H2,1-7H3,(H,25,33)/t15?,16?,17-,24-/m1/s1. The quantitative estimate of drug-likeness (QED) is 0.548. The number of likely N-dealkylation sites (tertiary alicyclic amines) is 2. The third-order valence-electron chi connectivity index (χ3n) is 6.90. The molecule has 11 heteroatoms. The lowest BCUT2D eigenvalue weighted by molar-refractivity contribution is -0.162. The third kappa shape index (κ3) is 5.88.